The first kappa shape index (κ1) is 8.70. The molecular weight excluding hydrogens is 165 g/mol. The average molecular weight is 179 g/mol. The molecule has 2 N–H and O–H groups in total. The molecule has 13 heavy (non-hydrogen) atoms. The molecular formula is C11H14FN. The molecule has 0 saturated heterocycles. The highest BCUT2D eigenvalue weighted by Gasteiger charge is 2.56. The standard InChI is InChI=1S/C11H14FN/c1-11(2)9(10(11)13)7-4-3-5-8(12)6-7/h3-6,9-10H,13H2,1-2H3/t9-,10-/m1/s1. The third-order valence-corrected chi connectivity index (χ3v) is 3.12. The van der Waals surface area contributed by atoms with Crippen molar-refractivity contribution in [2.45, 2.75) is 25.8 Å². The Morgan fingerprint density at radius 1 is 1.38 bits per heavy atom. The van der Waals surface area contributed by atoms with Crippen LogP contribution in [-0.2, 0) is 0 Å². The van der Waals surface area contributed by atoms with Crippen molar-refractivity contribution in [2.24, 2.45) is 11.1 Å². The first-order valence-electron chi connectivity index (χ1n) is 4.54. The van der Waals surface area contributed by atoms with E-state index in [1.54, 1.807) is 12.1 Å². The van der Waals surface area contributed by atoms with Crippen LogP contribution >= 0.6 is 0 Å². The van der Waals surface area contributed by atoms with E-state index in [1.807, 2.05) is 6.07 Å². The zero-order valence-electron chi connectivity index (χ0n) is 7.92. The van der Waals surface area contributed by atoms with Gasteiger partial charge in [-0.3, -0.25) is 0 Å². The summed E-state index contributed by atoms with van der Waals surface area (Å²) in [6.45, 7) is 4.24. The van der Waals surface area contributed by atoms with Gasteiger partial charge in [0.15, 0.2) is 0 Å². The molecule has 1 aliphatic rings. The molecule has 2 heteroatoms. The summed E-state index contributed by atoms with van der Waals surface area (Å²) >= 11 is 0. The van der Waals surface area contributed by atoms with E-state index >= 15 is 0 Å². The highest BCUT2D eigenvalue weighted by molar-refractivity contribution is 5.34. The molecule has 0 amide bonds. The molecule has 2 atom stereocenters. The van der Waals surface area contributed by atoms with Gasteiger partial charge in [0.25, 0.3) is 0 Å². The summed E-state index contributed by atoms with van der Waals surface area (Å²) in [5, 5.41) is 0. The van der Waals surface area contributed by atoms with Crippen molar-refractivity contribution in [1.82, 2.24) is 0 Å². The molecule has 1 saturated carbocycles. The van der Waals surface area contributed by atoms with Gasteiger partial charge in [-0.25, -0.2) is 4.39 Å². The lowest BCUT2D eigenvalue weighted by Crippen LogP contribution is -2.06. The van der Waals surface area contributed by atoms with Gasteiger partial charge in [-0.05, 0) is 23.1 Å². The largest absolute Gasteiger partial charge is 0.327 e. The van der Waals surface area contributed by atoms with Crippen LogP contribution in [-0.4, -0.2) is 6.04 Å². The summed E-state index contributed by atoms with van der Waals surface area (Å²) in [5.74, 6) is 0.149. The maximum Gasteiger partial charge on any atom is 0.123 e. The van der Waals surface area contributed by atoms with E-state index in [-0.39, 0.29) is 17.3 Å². The maximum atomic E-state index is 12.9. The Balaban J connectivity index is 2.29. The van der Waals surface area contributed by atoms with E-state index in [9.17, 15) is 4.39 Å². The summed E-state index contributed by atoms with van der Waals surface area (Å²) < 4.78 is 12.9. The molecule has 1 fully saturated rings. The topological polar surface area (TPSA) is 26.0 Å². The molecule has 0 unspecified atom stereocenters. The molecule has 0 aliphatic heterocycles. The number of rotatable bonds is 1. The fourth-order valence-electron chi connectivity index (χ4n) is 2.01. The van der Waals surface area contributed by atoms with Gasteiger partial charge in [0.2, 0.25) is 0 Å². The third kappa shape index (κ3) is 1.25. The molecule has 0 radical (unpaired) electrons. The first-order valence-corrected chi connectivity index (χ1v) is 4.54. The number of halogens is 1. The Kier molecular flexibility index (Phi) is 1.70. The highest BCUT2D eigenvalue weighted by atomic mass is 19.1. The summed E-state index contributed by atoms with van der Waals surface area (Å²) in [5.41, 5.74) is 7.06. The number of benzene rings is 1. The van der Waals surface area contributed by atoms with Gasteiger partial charge >= 0.3 is 0 Å². The van der Waals surface area contributed by atoms with Gasteiger partial charge in [0.1, 0.15) is 5.82 Å². The van der Waals surface area contributed by atoms with E-state index < -0.39 is 0 Å². The third-order valence-electron chi connectivity index (χ3n) is 3.12. The first-order chi connectivity index (χ1) is 6.03. The monoisotopic (exact) mass is 179 g/mol. The Hall–Kier alpha value is -0.890. The van der Waals surface area contributed by atoms with Gasteiger partial charge < -0.3 is 5.73 Å². The van der Waals surface area contributed by atoms with Crippen molar-refractivity contribution in [3.05, 3.63) is 35.6 Å². The average Bonchev–Trinajstić information content (AvgIpc) is 2.51. The van der Waals surface area contributed by atoms with E-state index in [1.165, 1.54) is 6.07 Å². The normalized spacial score (nSPS) is 30.2. The SMILES string of the molecule is CC1(C)[C@H](N)[C@H]1c1cccc(F)c1. The van der Waals surface area contributed by atoms with Gasteiger partial charge in [-0.1, -0.05) is 26.0 Å². The molecule has 1 aromatic rings. The predicted molar refractivity (Wildman–Crippen MR) is 50.9 cm³/mol. The molecule has 0 spiro atoms. The predicted octanol–water partition coefficient (Wildman–Crippen LogP) is 2.28. The molecule has 0 aromatic heterocycles. The van der Waals surface area contributed by atoms with Crippen LogP contribution in [0.3, 0.4) is 0 Å². The summed E-state index contributed by atoms with van der Waals surface area (Å²) in [4.78, 5) is 0. The second kappa shape index (κ2) is 2.55. The Bertz CT molecular complexity index is 333. The van der Waals surface area contributed by atoms with Crippen LogP contribution in [0, 0.1) is 11.2 Å². The minimum atomic E-state index is -0.174. The van der Waals surface area contributed by atoms with E-state index in [0.29, 0.717) is 5.92 Å². The fraction of sp³-hybridized carbons (Fsp3) is 0.455. The minimum Gasteiger partial charge on any atom is -0.327 e. The molecule has 1 nitrogen and oxygen atoms in total. The molecule has 0 heterocycles. The van der Waals surface area contributed by atoms with Gasteiger partial charge in [0, 0.05) is 12.0 Å². The van der Waals surface area contributed by atoms with Crippen LogP contribution in [0.5, 0.6) is 0 Å². The lowest BCUT2D eigenvalue weighted by atomic mass is 10.0. The van der Waals surface area contributed by atoms with Crippen molar-refractivity contribution in [3.8, 4) is 0 Å². The van der Waals surface area contributed by atoms with Crippen molar-refractivity contribution in [1.29, 1.82) is 0 Å². The van der Waals surface area contributed by atoms with Crippen molar-refractivity contribution in [3.63, 3.8) is 0 Å². The fourth-order valence-corrected chi connectivity index (χ4v) is 2.01. The van der Waals surface area contributed by atoms with E-state index in [0.717, 1.165) is 5.56 Å². The van der Waals surface area contributed by atoms with Crippen LogP contribution in [0.2, 0.25) is 0 Å². The summed E-state index contributed by atoms with van der Waals surface area (Å²) in [7, 11) is 0. The second-order valence-electron chi connectivity index (χ2n) is 4.38. The van der Waals surface area contributed by atoms with Crippen LogP contribution in [0.1, 0.15) is 25.3 Å². The van der Waals surface area contributed by atoms with Crippen LogP contribution in [0.25, 0.3) is 0 Å². The highest BCUT2D eigenvalue weighted by Crippen LogP contribution is 2.57. The van der Waals surface area contributed by atoms with Crippen molar-refractivity contribution in [2.75, 3.05) is 0 Å². The molecule has 1 aromatic carbocycles. The smallest absolute Gasteiger partial charge is 0.123 e. The lowest BCUT2D eigenvalue weighted by molar-refractivity contribution is 0.594. The minimum absolute atomic E-state index is 0.133. The van der Waals surface area contributed by atoms with Crippen LogP contribution in [0.15, 0.2) is 24.3 Å². The molecule has 1 aliphatic carbocycles. The zero-order chi connectivity index (χ0) is 9.64. The maximum absolute atomic E-state index is 12.9. The summed E-state index contributed by atoms with van der Waals surface area (Å²) in [6, 6.07) is 6.91. The molecule has 0 bridgehead atoms. The zero-order valence-corrected chi connectivity index (χ0v) is 7.92. The van der Waals surface area contributed by atoms with Crippen molar-refractivity contribution < 1.29 is 4.39 Å². The van der Waals surface area contributed by atoms with Gasteiger partial charge in [0.05, 0.1) is 0 Å². The Morgan fingerprint density at radius 3 is 2.46 bits per heavy atom. The second-order valence-corrected chi connectivity index (χ2v) is 4.38. The number of hydrogen-bond acceptors (Lipinski definition) is 1. The molecule has 2 rings (SSSR count). The van der Waals surface area contributed by atoms with E-state index in [2.05, 4.69) is 13.8 Å². The molecule has 70 valence electrons. The van der Waals surface area contributed by atoms with E-state index in [4.69, 9.17) is 5.73 Å². The number of hydrogen-bond donors (Lipinski definition) is 1. The van der Waals surface area contributed by atoms with Crippen LogP contribution < -0.4 is 5.73 Å². The van der Waals surface area contributed by atoms with Crippen LogP contribution in [0.4, 0.5) is 4.39 Å². The number of nitrogens with two attached hydrogens (primary N) is 1. The Morgan fingerprint density at radius 2 is 2.00 bits per heavy atom. The Labute approximate surface area is 77.8 Å². The van der Waals surface area contributed by atoms with Gasteiger partial charge in [-0.2, -0.15) is 0 Å². The quantitative estimate of drug-likeness (QED) is 0.703. The van der Waals surface area contributed by atoms with Gasteiger partial charge in [-0.15, -0.1) is 0 Å². The van der Waals surface area contributed by atoms with Crippen molar-refractivity contribution >= 4 is 0 Å². The lowest BCUT2D eigenvalue weighted by Gasteiger charge is -2.01. The summed E-state index contributed by atoms with van der Waals surface area (Å²) in [6.07, 6.45) is 0.